The van der Waals surface area contributed by atoms with Crippen LogP contribution in [0.25, 0.3) is 17.2 Å². The molecule has 1 aromatic carbocycles. The summed E-state index contributed by atoms with van der Waals surface area (Å²) in [5.74, 6) is 1.31. The zero-order chi connectivity index (χ0) is 19.0. The van der Waals surface area contributed by atoms with Gasteiger partial charge in [-0.2, -0.15) is 17.7 Å². The maximum atomic E-state index is 12.8. The molecule has 6 nitrogen and oxygen atoms in total. The standard InChI is InChI=1S/C17H12F3N5OS/c18-17(19,20)11-4-1-3-10(7-11)9-27-14-8-13-22-15(12-5-2-6-26-12)24-25(13)16(21)23-14/h1-8H,9H2,(H2,21,23). The van der Waals surface area contributed by atoms with Crippen LogP contribution in [0.4, 0.5) is 19.1 Å². The van der Waals surface area contributed by atoms with Gasteiger partial charge in [0.05, 0.1) is 11.8 Å². The highest BCUT2D eigenvalue weighted by molar-refractivity contribution is 7.98. The van der Waals surface area contributed by atoms with Crippen molar-refractivity contribution >= 4 is 23.4 Å². The number of nitrogen functional groups attached to an aromatic ring is 1. The highest BCUT2D eigenvalue weighted by Gasteiger charge is 2.30. The third-order valence-corrected chi connectivity index (χ3v) is 4.69. The lowest BCUT2D eigenvalue weighted by atomic mass is 10.1. The van der Waals surface area contributed by atoms with E-state index in [1.165, 1.54) is 28.6 Å². The highest BCUT2D eigenvalue weighted by atomic mass is 32.2. The molecule has 3 aromatic heterocycles. The molecule has 10 heteroatoms. The van der Waals surface area contributed by atoms with Gasteiger partial charge in [-0.15, -0.1) is 16.9 Å². The SMILES string of the molecule is Nc1nc(SCc2cccc(C(F)(F)F)c2)cc2nc(-c3ccco3)nn12. The predicted octanol–water partition coefficient (Wildman–Crippen LogP) is 4.28. The molecule has 4 rings (SSSR count). The first-order chi connectivity index (χ1) is 12.9. The maximum absolute atomic E-state index is 12.8. The number of furan rings is 1. The highest BCUT2D eigenvalue weighted by Crippen LogP contribution is 2.31. The third kappa shape index (κ3) is 3.61. The molecule has 0 fully saturated rings. The molecular weight excluding hydrogens is 379 g/mol. The molecule has 0 saturated carbocycles. The normalized spacial score (nSPS) is 12.0. The quantitative estimate of drug-likeness (QED) is 0.413. The number of benzene rings is 1. The molecule has 4 aromatic rings. The first kappa shape index (κ1) is 17.4. The van der Waals surface area contributed by atoms with Crippen LogP contribution < -0.4 is 5.73 Å². The Morgan fingerprint density at radius 3 is 2.70 bits per heavy atom. The molecular formula is C17H12F3N5OS. The fourth-order valence-corrected chi connectivity index (χ4v) is 3.31. The first-order valence-electron chi connectivity index (χ1n) is 7.76. The average molecular weight is 391 g/mol. The summed E-state index contributed by atoms with van der Waals surface area (Å²) in [4.78, 5) is 8.58. The van der Waals surface area contributed by atoms with Crippen molar-refractivity contribution in [3.05, 3.63) is 59.9 Å². The van der Waals surface area contributed by atoms with Gasteiger partial charge in [-0.3, -0.25) is 0 Å². The molecule has 2 N–H and O–H groups in total. The number of fused-ring (bicyclic) bond motifs is 1. The van der Waals surface area contributed by atoms with Crippen LogP contribution in [-0.4, -0.2) is 19.6 Å². The largest absolute Gasteiger partial charge is 0.461 e. The van der Waals surface area contributed by atoms with E-state index >= 15 is 0 Å². The van der Waals surface area contributed by atoms with E-state index in [1.54, 1.807) is 24.3 Å². The van der Waals surface area contributed by atoms with Crippen molar-refractivity contribution in [2.45, 2.75) is 17.0 Å². The van der Waals surface area contributed by atoms with Crippen LogP contribution in [0, 0.1) is 0 Å². The number of halogens is 3. The van der Waals surface area contributed by atoms with E-state index in [9.17, 15) is 13.2 Å². The van der Waals surface area contributed by atoms with Gasteiger partial charge < -0.3 is 10.2 Å². The number of nitrogens with zero attached hydrogens (tertiary/aromatic N) is 4. The van der Waals surface area contributed by atoms with Crippen molar-refractivity contribution in [1.29, 1.82) is 0 Å². The Morgan fingerprint density at radius 2 is 1.96 bits per heavy atom. The predicted molar refractivity (Wildman–Crippen MR) is 93.9 cm³/mol. The van der Waals surface area contributed by atoms with Gasteiger partial charge >= 0.3 is 6.18 Å². The molecule has 138 valence electrons. The van der Waals surface area contributed by atoms with Crippen molar-refractivity contribution in [2.24, 2.45) is 0 Å². The van der Waals surface area contributed by atoms with E-state index in [2.05, 4.69) is 15.1 Å². The third-order valence-electron chi connectivity index (χ3n) is 3.71. The lowest BCUT2D eigenvalue weighted by Gasteiger charge is -2.08. The Labute approximate surface area is 155 Å². The first-order valence-corrected chi connectivity index (χ1v) is 8.75. The number of thioether (sulfide) groups is 1. The molecule has 3 heterocycles. The summed E-state index contributed by atoms with van der Waals surface area (Å²) in [6.07, 6.45) is -2.86. The monoisotopic (exact) mass is 391 g/mol. The number of anilines is 1. The summed E-state index contributed by atoms with van der Waals surface area (Å²) >= 11 is 1.27. The lowest BCUT2D eigenvalue weighted by Crippen LogP contribution is -2.05. The summed E-state index contributed by atoms with van der Waals surface area (Å²) in [5.41, 5.74) is 6.26. The summed E-state index contributed by atoms with van der Waals surface area (Å²) in [6, 6.07) is 10.3. The average Bonchev–Trinajstić information content (AvgIpc) is 3.29. The Kier molecular flexibility index (Phi) is 4.27. The Hall–Kier alpha value is -3.01. The van der Waals surface area contributed by atoms with E-state index < -0.39 is 11.7 Å². The number of nitrogens with two attached hydrogens (primary N) is 1. The molecule has 0 spiro atoms. The van der Waals surface area contributed by atoms with Crippen LogP contribution in [-0.2, 0) is 11.9 Å². The molecule has 0 bridgehead atoms. The summed E-state index contributed by atoms with van der Waals surface area (Å²) in [7, 11) is 0. The summed E-state index contributed by atoms with van der Waals surface area (Å²) < 4.78 is 45.1. The van der Waals surface area contributed by atoms with Gasteiger partial charge in [0.25, 0.3) is 0 Å². The van der Waals surface area contributed by atoms with Crippen LogP contribution >= 0.6 is 11.8 Å². The van der Waals surface area contributed by atoms with E-state index in [0.717, 1.165) is 12.1 Å². The van der Waals surface area contributed by atoms with Crippen LogP contribution in [0.1, 0.15) is 11.1 Å². The van der Waals surface area contributed by atoms with E-state index in [-0.39, 0.29) is 5.95 Å². The molecule has 0 radical (unpaired) electrons. The van der Waals surface area contributed by atoms with Crippen molar-refractivity contribution in [3.8, 4) is 11.6 Å². The zero-order valence-electron chi connectivity index (χ0n) is 13.6. The Morgan fingerprint density at radius 1 is 1.11 bits per heavy atom. The molecule has 0 amide bonds. The Balaban J connectivity index is 1.58. The lowest BCUT2D eigenvalue weighted by molar-refractivity contribution is -0.137. The minimum Gasteiger partial charge on any atom is -0.461 e. The second kappa shape index (κ2) is 6.62. The van der Waals surface area contributed by atoms with Gasteiger partial charge in [-0.1, -0.05) is 18.2 Å². The fourth-order valence-electron chi connectivity index (χ4n) is 2.47. The summed E-state index contributed by atoms with van der Waals surface area (Å²) in [5, 5.41) is 4.78. The maximum Gasteiger partial charge on any atom is 0.416 e. The van der Waals surface area contributed by atoms with Gasteiger partial charge in [0.2, 0.25) is 11.8 Å². The number of aromatic nitrogens is 4. The Bertz CT molecular complexity index is 1090. The van der Waals surface area contributed by atoms with Crippen LogP contribution in [0.3, 0.4) is 0 Å². The molecule has 0 aliphatic carbocycles. The van der Waals surface area contributed by atoms with Gasteiger partial charge in [0.1, 0.15) is 5.03 Å². The van der Waals surface area contributed by atoms with Gasteiger partial charge in [0, 0.05) is 11.8 Å². The van der Waals surface area contributed by atoms with Gasteiger partial charge in [0.15, 0.2) is 11.4 Å². The van der Waals surface area contributed by atoms with Crippen molar-refractivity contribution in [3.63, 3.8) is 0 Å². The van der Waals surface area contributed by atoms with Crippen molar-refractivity contribution < 1.29 is 17.6 Å². The number of hydrogen-bond donors (Lipinski definition) is 1. The van der Waals surface area contributed by atoms with E-state index in [1.807, 2.05) is 0 Å². The minimum absolute atomic E-state index is 0.129. The van der Waals surface area contributed by atoms with Gasteiger partial charge in [-0.05, 0) is 23.8 Å². The summed E-state index contributed by atoms with van der Waals surface area (Å²) in [6.45, 7) is 0. The molecule has 0 saturated heterocycles. The van der Waals surface area contributed by atoms with E-state index in [0.29, 0.717) is 33.6 Å². The smallest absolute Gasteiger partial charge is 0.416 e. The molecule has 0 atom stereocenters. The fraction of sp³-hybridized carbons (Fsp3) is 0.118. The zero-order valence-corrected chi connectivity index (χ0v) is 14.5. The van der Waals surface area contributed by atoms with Crippen LogP contribution in [0.15, 0.2) is 58.2 Å². The van der Waals surface area contributed by atoms with Crippen molar-refractivity contribution in [2.75, 3.05) is 5.73 Å². The second-order valence-corrected chi connectivity index (χ2v) is 6.62. The van der Waals surface area contributed by atoms with Crippen LogP contribution in [0.5, 0.6) is 0 Å². The van der Waals surface area contributed by atoms with Crippen LogP contribution in [0.2, 0.25) is 0 Å². The topological polar surface area (TPSA) is 82.2 Å². The number of alkyl halides is 3. The number of rotatable bonds is 4. The number of hydrogen-bond acceptors (Lipinski definition) is 6. The van der Waals surface area contributed by atoms with Crippen molar-refractivity contribution in [1.82, 2.24) is 19.6 Å². The molecule has 27 heavy (non-hydrogen) atoms. The van der Waals surface area contributed by atoms with Gasteiger partial charge in [-0.25, -0.2) is 9.97 Å². The van der Waals surface area contributed by atoms with E-state index in [4.69, 9.17) is 10.2 Å². The molecule has 0 aliphatic heterocycles. The minimum atomic E-state index is -4.37. The second-order valence-electron chi connectivity index (χ2n) is 5.62. The molecule has 0 unspecified atom stereocenters. The molecule has 0 aliphatic rings.